The predicted molar refractivity (Wildman–Crippen MR) is 105 cm³/mol. The standard InChI is InChI=1S/C21H22F4N4O2/c1-3-28-12-15(9-26-28)11-27-10-14(2)29(19(27)30)17-6-16(21(23,24)25)7-18(8-17)31-13-20(22)4-5-20/h6-10,12H,3-5,11,13H2,1-2H3. The first-order chi connectivity index (χ1) is 14.6. The highest BCUT2D eigenvalue weighted by atomic mass is 19.4. The maximum absolute atomic E-state index is 13.9. The van der Waals surface area contributed by atoms with Gasteiger partial charge >= 0.3 is 11.9 Å². The van der Waals surface area contributed by atoms with Gasteiger partial charge in [-0.2, -0.15) is 18.3 Å². The van der Waals surface area contributed by atoms with Gasteiger partial charge in [0.15, 0.2) is 0 Å². The number of ether oxygens (including phenoxy) is 1. The summed E-state index contributed by atoms with van der Waals surface area (Å²) in [6.45, 7) is 4.17. The van der Waals surface area contributed by atoms with Crippen molar-refractivity contribution >= 4 is 0 Å². The summed E-state index contributed by atoms with van der Waals surface area (Å²) in [6, 6.07) is 3.05. The summed E-state index contributed by atoms with van der Waals surface area (Å²) in [5.74, 6) is -0.128. The smallest absolute Gasteiger partial charge is 0.416 e. The lowest BCUT2D eigenvalue weighted by Gasteiger charge is -2.15. The van der Waals surface area contributed by atoms with Crippen LogP contribution in [0.1, 0.15) is 36.6 Å². The number of imidazole rings is 1. The van der Waals surface area contributed by atoms with Crippen LogP contribution in [0.15, 0.2) is 41.6 Å². The van der Waals surface area contributed by atoms with E-state index in [4.69, 9.17) is 4.74 Å². The number of hydrogen-bond donors (Lipinski definition) is 0. The maximum atomic E-state index is 13.9. The molecule has 1 aromatic carbocycles. The number of halogens is 4. The van der Waals surface area contributed by atoms with Crippen molar-refractivity contribution in [3.63, 3.8) is 0 Å². The van der Waals surface area contributed by atoms with Crippen molar-refractivity contribution in [1.29, 1.82) is 0 Å². The van der Waals surface area contributed by atoms with Gasteiger partial charge in [0.05, 0.1) is 24.0 Å². The Hall–Kier alpha value is -3.04. The molecular formula is C21H22F4N4O2. The molecule has 1 aliphatic rings. The van der Waals surface area contributed by atoms with E-state index in [0.717, 1.165) is 17.7 Å². The molecule has 1 saturated carbocycles. The number of rotatable bonds is 7. The van der Waals surface area contributed by atoms with Gasteiger partial charge in [0, 0.05) is 36.3 Å². The molecule has 6 nitrogen and oxygen atoms in total. The van der Waals surface area contributed by atoms with E-state index in [9.17, 15) is 22.4 Å². The fraction of sp³-hybridized carbons (Fsp3) is 0.429. The van der Waals surface area contributed by atoms with Crippen LogP contribution in [0.5, 0.6) is 5.75 Å². The van der Waals surface area contributed by atoms with Crippen LogP contribution in [0.25, 0.3) is 5.69 Å². The zero-order valence-electron chi connectivity index (χ0n) is 17.1. The normalized spacial score (nSPS) is 15.3. The molecule has 0 N–H and O–H groups in total. The van der Waals surface area contributed by atoms with E-state index in [-0.39, 0.29) is 24.6 Å². The average Bonchev–Trinajstić information content (AvgIpc) is 3.15. The monoisotopic (exact) mass is 438 g/mol. The van der Waals surface area contributed by atoms with Crippen LogP contribution in [0.4, 0.5) is 17.6 Å². The van der Waals surface area contributed by atoms with Crippen molar-refractivity contribution < 1.29 is 22.3 Å². The molecule has 3 aromatic rings. The molecule has 10 heteroatoms. The van der Waals surface area contributed by atoms with Gasteiger partial charge in [0.2, 0.25) is 0 Å². The van der Waals surface area contributed by atoms with E-state index >= 15 is 0 Å². The molecule has 0 atom stereocenters. The Labute approximate surface area is 175 Å². The summed E-state index contributed by atoms with van der Waals surface area (Å²) >= 11 is 0. The third-order valence-electron chi connectivity index (χ3n) is 5.26. The van der Waals surface area contributed by atoms with E-state index < -0.39 is 23.1 Å². The predicted octanol–water partition coefficient (Wildman–Crippen LogP) is 4.11. The minimum Gasteiger partial charge on any atom is -0.490 e. The van der Waals surface area contributed by atoms with E-state index in [1.54, 1.807) is 30.2 Å². The number of alkyl halides is 4. The summed E-state index contributed by atoms with van der Waals surface area (Å²) in [5, 5.41) is 4.17. The van der Waals surface area contributed by atoms with Gasteiger partial charge in [-0.3, -0.25) is 13.8 Å². The van der Waals surface area contributed by atoms with Gasteiger partial charge in [-0.25, -0.2) is 9.18 Å². The molecule has 0 spiro atoms. The lowest BCUT2D eigenvalue weighted by Crippen LogP contribution is -2.24. The molecule has 4 rings (SSSR count). The fourth-order valence-electron chi connectivity index (χ4n) is 3.35. The molecule has 0 saturated heterocycles. The average molecular weight is 438 g/mol. The Kier molecular flexibility index (Phi) is 5.18. The van der Waals surface area contributed by atoms with Crippen molar-refractivity contribution in [2.24, 2.45) is 0 Å². The Bertz CT molecular complexity index is 1160. The van der Waals surface area contributed by atoms with Crippen molar-refractivity contribution in [2.75, 3.05) is 6.61 Å². The summed E-state index contributed by atoms with van der Waals surface area (Å²) in [5.41, 5.74) is -1.66. The third-order valence-corrected chi connectivity index (χ3v) is 5.26. The van der Waals surface area contributed by atoms with Crippen molar-refractivity contribution in [3.05, 3.63) is 64.1 Å². The molecule has 0 amide bonds. The molecule has 1 fully saturated rings. The first-order valence-corrected chi connectivity index (χ1v) is 9.92. The number of aryl methyl sites for hydroxylation is 2. The molecule has 0 unspecified atom stereocenters. The topological polar surface area (TPSA) is 54.0 Å². The van der Waals surface area contributed by atoms with Gasteiger partial charge in [0.1, 0.15) is 18.0 Å². The Morgan fingerprint density at radius 3 is 2.55 bits per heavy atom. The number of nitrogens with zero attached hydrogens (tertiary/aromatic N) is 4. The molecule has 0 bridgehead atoms. The van der Waals surface area contributed by atoms with Crippen LogP contribution in [-0.2, 0) is 19.3 Å². The SMILES string of the molecule is CCn1cc(Cn2cc(C)n(-c3cc(OCC4(F)CC4)cc(C(F)(F)F)c3)c2=O)cn1. The van der Waals surface area contributed by atoms with Crippen LogP contribution in [0, 0.1) is 6.92 Å². The zero-order valence-corrected chi connectivity index (χ0v) is 17.1. The first kappa shape index (κ1) is 21.2. The summed E-state index contributed by atoms with van der Waals surface area (Å²) in [6.07, 6.45) is 1.04. The molecule has 166 valence electrons. The van der Waals surface area contributed by atoms with Crippen LogP contribution in [-0.4, -0.2) is 31.2 Å². The number of aromatic nitrogens is 4. The van der Waals surface area contributed by atoms with Crippen molar-refractivity contribution in [2.45, 2.75) is 51.6 Å². The van der Waals surface area contributed by atoms with Gasteiger partial charge < -0.3 is 4.74 Å². The number of benzene rings is 1. The van der Waals surface area contributed by atoms with Crippen molar-refractivity contribution in [1.82, 2.24) is 18.9 Å². The van der Waals surface area contributed by atoms with E-state index in [1.807, 2.05) is 6.92 Å². The van der Waals surface area contributed by atoms with Crippen molar-refractivity contribution in [3.8, 4) is 11.4 Å². The van der Waals surface area contributed by atoms with Gasteiger partial charge in [-0.1, -0.05) is 0 Å². The van der Waals surface area contributed by atoms with Crippen LogP contribution in [0.2, 0.25) is 0 Å². The zero-order chi connectivity index (χ0) is 22.4. The van der Waals surface area contributed by atoms with E-state index in [0.29, 0.717) is 25.1 Å². The summed E-state index contributed by atoms with van der Waals surface area (Å²) in [4.78, 5) is 13.0. The maximum Gasteiger partial charge on any atom is 0.416 e. The lowest BCUT2D eigenvalue weighted by atomic mass is 10.1. The van der Waals surface area contributed by atoms with Crippen LogP contribution in [0.3, 0.4) is 0 Å². The second kappa shape index (κ2) is 7.58. The highest BCUT2D eigenvalue weighted by Crippen LogP contribution is 2.40. The minimum absolute atomic E-state index is 0.0130. The van der Waals surface area contributed by atoms with Gasteiger partial charge in [-0.15, -0.1) is 0 Å². The lowest BCUT2D eigenvalue weighted by molar-refractivity contribution is -0.137. The molecule has 2 heterocycles. The molecule has 0 aliphatic heterocycles. The molecule has 0 radical (unpaired) electrons. The molecular weight excluding hydrogens is 416 g/mol. The second-order valence-electron chi connectivity index (χ2n) is 7.87. The highest BCUT2D eigenvalue weighted by molar-refractivity contribution is 5.45. The Morgan fingerprint density at radius 2 is 1.94 bits per heavy atom. The van der Waals surface area contributed by atoms with Crippen LogP contribution >= 0.6 is 0 Å². The third kappa shape index (κ3) is 4.52. The molecule has 31 heavy (non-hydrogen) atoms. The second-order valence-corrected chi connectivity index (χ2v) is 7.87. The number of hydrogen-bond acceptors (Lipinski definition) is 3. The quantitative estimate of drug-likeness (QED) is 0.522. The fourth-order valence-corrected chi connectivity index (χ4v) is 3.35. The summed E-state index contributed by atoms with van der Waals surface area (Å²) in [7, 11) is 0. The highest BCUT2D eigenvalue weighted by Gasteiger charge is 2.44. The van der Waals surface area contributed by atoms with Gasteiger partial charge in [0.25, 0.3) is 0 Å². The van der Waals surface area contributed by atoms with Gasteiger partial charge in [-0.05, 0) is 38.8 Å². The molecule has 1 aliphatic carbocycles. The molecule has 2 aromatic heterocycles. The van der Waals surface area contributed by atoms with Crippen LogP contribution < -0.4 is 10.4 Å². The minimum atomic E-state index is -4.64. The summed E-state index contributed by atoms with van der Waals surface area (Å²) < 4.78 is 63.9. The first-order valence-electron chi connectivity index (χ1n) is 9.92. The Morgan fingerprint density at radius 1 is 1.19 bits per heavy atom. The Balaban J connectivity index is 1.70. The van der Waals surface area contributed by atoms with E-state index in [1.165, 1.54) is 15.2 Å². The largest absolute Gasteiger partial charge is 0.490 e. The van der Waals surface area contributed by atoms with E-state index in [2.05, 4.69) is 5.10 Å².